The Labute approximate surface area is 441 Å². The number of carboxylic acid groups (broad SMARTS) is 1. The summed E-state index contributed by atoms with van der Waals surface area (Å²) in [4.78, 5) is 50.9. The number of carbonyl (C=O) groups excluding carboxylic acids is 3. The molecular weight excluding hydrogens is 925 g/mol. The van der Waals surface area contributed by atoms with Crippen molar-refractivity contribution in [2.24, 2.45) is 0 Å². The predicted octanol–water partition coefficient (Wildman–Crippen LogP) is 14.3. The highest BCUT2D eigenvalue weighted by Crippen LogP contribution is 2.26. The maximum atomic E-state index is 13.1. The van der Waals surface area contributed by atoms with Crippen LogP contribution in [0.15, 0.2) is 85.1 Å². The predicted molar refractivity (Wildman–Crippen MR) is 294 cm³/mol. The zero-order valence-corrected chi connectivity index (χ0v) is 45.6. The van der Waals surface area contributed by atoms with Gasteiger partial charge in [-0.2, -0.15) is 0 Å². The summed E-state index contributed by atoms with van der Waals surface area (Å²) < 4.78 is 28.3. The number of hydrogen-bond donors (Lipinski definition) is 3. The molecule has 73 heavy (non-hydrogen) atoms. The van der Waals surface area contributed by atoms with Gasteiger partial charge in [0.05, 0.1) is 6.61 Å². The summed E-state index contributed by atoms with van der Waals surface area (Å²) in [6.45, 7) is 5.79. The molecule has 1 aliphatic rings. The van der Waals surface area contributed by atoms with Crippen LogP contribution in [-0.4, -0.2) is 89.2 Å². The third kappa shape index (κ3) is 39.0. The molecule has 0 aromatic heterocycles. The molecule has 0 aromatic carbocycles. The zero-order chi connectivity index (χ0) is 53.3. The Balaban J connectivity index is 2.70. The molecule has 12 heteroatoms. The number of unbranched alkanes of at least 4 members (excludes halogenated alkanes) is 19. The van der Waals surface area contributed by atoms with Crippen LogP contribution < -0.4 is 0 Å². The van der Waals surface area contributed by atoms with E-state index in [2.05, 4.69) is 93.7 Å². The molecule has 3 N–H and O–H groups in total. The minimum absolute atomic E-state index is 0.0205. The van der Waals surface area contributed by atoms with Crippen LogP contribution in [0, 0.1) is 0 Å². The first-order valence-corrected chi connectivity index (χ1v) is 28.6. The van der Waals surface area contributed by atoms with Gasteiger partial charge in [0.15, 0.2) is 24.6 Å². The van der Waals surface area contributed by atoms with Crippen molar-refractivity contribution in [2.45, 2.75) is 263 Å². The highest BCUT2D eigenvalue weighted by atomic mass is 16.7. The van der Waals surface area contributed by atoms with Crippen LogP contribution in [0.3, 0.4) is 0 Å². The van der Waals surface area contributed by atoms with Crippen molar-refractivity contribution >= 4 is 23.9 Å². The summed E-state index contributed by atoms with van der Waals surface area (Å²) >= 11 is 0. The van der Waals surface area contributed by atoms with Gasteiger partial charge in [-0.25, -0.2) is 4.79 Å². The average Bonchev–Trinajstić information content (AvgIpc) is 3.37. The number of aliphatic carboxylic acids is 1. The number of hydrogen-bond acceptors (Lipinski definition) is 11. The van der Waals surface area contributed by atoms with Crippen molar-refractivity contribution in [2.75, 3.05) is 13.2 Å². The summed E-state index contributed by atoms with van der Waals surface area (Å²) in [6.07, 6.45) is 50.0. The quantitative estimate of drug-likeness (QED) is 0.0228. The lowest BCUT2D eigenvalue weighted by Gasteiger charge is -2.40. The van der Waals surface area contributed by atoms with Crippen LogP contribution in [0.2, 0.25) is 0 Å². The van der Waals surface area contributed by atoms with Crippen molar-refractivity contribution in [1.82, 2.24) is 0 Å². The molecule has 0 radical (unpaired) electrons. The third-order valence-electron chi connectivity index (χ3n) is 12.5. The first-order valence-electron chi connectivity index (χ1n) is 28.6. The molecule has 1 rings (SSSR count). The van der Waals surface area contributed by atoms with Crippen molar-refractivity contribution in [3.63, 3.8) is 0 Å². The second-order valence-electron chi connectivity index (χ2n) is 19.2. The minimum atomic E-state index is -1.92. The normalized spacial score (nSPS) is 18.9. The van der Waals surface area contributed by atoms with E-state index in [1.54, 1.807) is 0 Å². The van der Waals surface area contributed by atoms with Crippen LogP contribution in [0.5, 0.6) is 0 Å². The number of carbonyl (C=O) groups is 4. The first-order chi connectivity index (χ1) is 35.6. The van der Waals surface area contributed by atoms with Crippen LogP contribution in [-0.2, 0) is 42.9 Å². The smallest absolute Gasteiger partial charge is 0.335 e. The van der Waals surface area contributed by atoms with Gasteiger partial charge < -0.3 is 39.0 Å². The fourth-order valence-corrected chi connectivity index (χ4v) is 8.08. The molecule has 1 fully saturated rings. The topological polar surface area (TPSA) is 175 Å². The van der Waals surface area contributed by atoms with E-state index in [1.165, 1.54) is 70.6 Å². The van der Waals surface area contributed by atoms with Gasteiger partial charge in [-0.3, -0.25) is 14.4 Å². The summed E-state index contributed by atoms with van der Waals surface area (Å²) in [5.74, 6) is -3.21. The van der Waals surface area contributed by atoms with E-state index in [0.717, 1.165) is 89.9 Å². The van der Waals surface area contributed by atoms with Gasteiger partial charge in [0.2, 0.25) is 0 Å². The molecule has 0 amide bonds. The number of esters is 3. The van der Waals surface area contributed by atoms with Gasteiger partial charge in [0.25, 0.3) is 0 Å². The molecule has 1 heterocycles. The highest BCUT2D eigenvalue weighted by molar-refractivity contribution is 5.74. The number of carboxylic acids is 1. The van der Waals surface area contributed by atoms with E-state index in [0.29, 0.717) is 25.7 Å². The van der Waals surface area contributed by atoms with Gasteiger partial charge >= 0.3 is 23.9 Å². The second-order valence-corrected chi connectivity index (χ2v) is 19.2. The standard InChI is InChI=1S/C61H100O12/c1-4-7-10-13-16-19-21-23-25-27-29-31-33-36-38-41-44-47-53(62)69-50-52(71-54(63)48-45-42-39-35-18-15-12-9-6-3)51-70-61-59(57(66)56(65)58(73-61)60(67)68)72-55(64)49-46-43-40-37-34-32-30-28-26-24-22-20-17-14-11-8-5-2/h8,11,16-17,19-20,23-26,30,32,37,40,52,56-59,61,65-66H,4-7,9-10,12-15,18,21-22,27-29,31,33-36,38-39,41-51H2,1-3H3,(H,67,68)/b11-8-,19-16-,20-17-,25-23-,26-24-,32-30-,40-37-. The van der Waals surface area contributed by atoms with E-state index >= 15 is 0 Å². The van der Waals surface area contributed by atoms with Gasteiger partial charge in [0, 0.05) is 19.3 Å². The largest absolute Gasteiger partial charge is 0.479 e. The summed E-state index contributed by atoms with van der Waals surface area (Å²) in [7, 11) is 0. The molecule has 0 bridgehead atoms. The maximum absolute atomic E-state index is 13.1. The molecule has 1 saturated heterocycles. The van der Waals surface area contributed by atoms with Crippen LogP contribution >= 0.6 is 0 Å². The van der Waals surface area contributed by atoms with Gasteiger partial charge in [0.1, 0.15) is 18.8 Å². The van der Waals surface area contributed by atoms with Crippen LogP contribution in [0.4, 0.5) is 0 Å². The van der Waals surface area contributed by atoms with Crippen molar-refractivity contribution < 1.29 is 58.2 Å². The van der Waals surface area contributed by atoms with E-state index in [1.807, 2.05) is 12.2 Å². The molecule has 0 saturated carbocycles. The fourth-order valence-electron chi connectivity index (χ4n) is 8.08. The van der Waals surface area contributed by atoms with Crippen LogP contribution in [0.25, 0.3) is 0 Å². The van der Waals surface area contributed by atoms with Crippen molar-refractivity contribution in [3.05, 3.63) is 85.1 Å². The van der Waals surface area contributed by atoms with Crippen LogP contribution in [0.1, 0.15) is 226 Å². The van der Waals surface area contributed by atoms with Crippen molar-refractivity contribution in [1.29, 1.82) is 0 Å². The number of allylic oxidation sites excluding steroid dienone is 14. The molecule has 0 aromatic rings. The fraction of sp³-hybridized carbons (Fsp3) is 0.705. The van der Waals surface area contributed by atoms with Gasteiger partial charge in [-0.1, -0.05) is 202 Å². The highest BCUT2D eigenvalue weighted by Gasteiger charge is 2.50. The SMILES string of the molecule is CC/C=C\C/C=C\C/C=C\C/C=C\C/C=C\CCCC(=O)OC1C(OCC(COC(=O)CCCCCCCCC/C=C\C/C=C\CCCCC)OC(=O)CCCCCCCCCCC)OC(C(=O)O)C(O)C1O. The summed E-state index contributed by atoms with van der Waals surface area (Å²) in [6, 6.07) is 0. The van der Waals surface area contributed by atoms with E-state index in [9.17, 15) is 34.5 Å². The monoisotopic (exact) mass is 1020 g/mol. The summed E-state index contributed by atoms with van der Waals surface area (Å²) in [5, 5.41) is 31.4. The molecule has 0 aliphatic carbocycles. The van der Waals surface area contributed by atoms with E-state index in [-0.39, 0.29) is 25.9 Å². The van der Waals surface area contributed by atoms with Gasteiger partial charge in [-0.15, -0.1) is 0 Å². The van der Waals surface area contributed by atoms with E-state index < -0.39 is 67.3 Å². The Bertz CT molecular complexity index is 1590. The first kappa shape index (κ1) is 66.9. The Hall–Kier alpha value is -4.10. The molecule has 1 aliphatic heterocycles. The molecule has 6 unspecified atom stereocenters. The molecule has 6 atom stereocenters. The van der Waals surface area contributed by atoms with E-state index in [4.69, 9.17) is 23.7 Å². The average molecular weight is 1030 g/mol. The molecule has 12 nitrogen and oxygen atoms in total. The number of rotatable bonds is 47. The minimum Gasteiger partial charge on any atom is -0.479 e. The molecular formula is C61H100O12. The number of ether oxygens (including phenoxy) is 5. The lowest BCUT2D eigenvalue weighted by molar-refractivity contribution is -0.301. The maximum Gasteiger partial charge on any atom is 0.335 e. The Morgan fingerprint density at radius 1 is 0.466 bits per heavy atom. The lowest BCUT2D eigenvalue weighted by atomic mass is 9.98. The Kier molecular flexibility index (Phi) is 44.7. The second kappa shape index (κ2) is 48.8. The van der Waals surface area contributed by atoms with Crippen molar-refractivity contribution in [3.8, 4) is 0 Å². The number of aliphatic hydroxyl groups is 2. The zero-order valence-electron chi connectivity index (χ0n) is 45.6. The van der Waals surface area contributed by atoms with Gasteiger partial charge in [-0.05, 0) is 89.9 Å². The lowest BCUT2D eigenvalue weighted by Crippen LogP contribution is -2.61. The number of aliphatic hydroxyl groups excluding tert-OH is 2. The Morgan fingerprint density at radius 2 is 0.877 bits per heavy atom. The third-order valence-corrected chi connectivity index (χ3v) is 12.5. The Morgan fingerprint density at radius 3 is 1.38 bits per heavy atom. The summed E-state index contributed by atoms with van der Waals surface area (Å²) in [5.41, 5.74) is 0. The molecule has 416 valence electrons. The molecule has 0 spiro atoms.